The minimum Gasteiger partial charge on any atom is -0.460 e. The van der Waals surface area contributed by atoms with Crippen LogP contribution in [0.5, 0.6) is 6.01 Å². The molecule has 0 radical (unpaired) electrons. The van der Waals surface area contributed by atoms with Crippen molar-refractivity contribution in [3.05, 3.63) is 18.5 Å². The number of rotatable bonds is 3. The van der Waals surface area contributed by atoms with Crippen molar-refractivity contribution in [2.24, 2.45) is 5.92 Å². The average molecular weight is 164 g/mol. The monoisotopic (exact) mass is 164 g/mol. The maximum absolute atomic E-state index is 5.52. The first-order valence-corrected chi connectivity index (χ1v) is 4.30. The van der Waals surface area contributed by atoms with Gasteiger partial charge in [0, 0.05) is 12.4 Å². The van der Waals surface area contributed by atoms with Crippen LogP contribution in [-0.4, -0.2) is 16.1 Å². The van der Waals surface area contributed by atoms with Crippen LogP contribution < -0.4 is 4.74 Å². The molecule has 3 nitrogen and oxygen atoms in total. The molecule has 0 saturated heterocycles. The average Bonchev–Trinajstić information content (AvgIpc) is 2.88. The van der Waals surface area contributed by atoms with Crippen molar-refractivity contribution in [1.82, 2.24) is 9.97 Å². The van der Waals surface area contributed by atoms with E-state index < -0.39 is 0 Å². The Morgan fingerprint density at radius 2 is 2.08 bits per heavy atom. The smallest absolute Gasteiger partial charge is 0.316 e. The van der Waals surface area contributed by atoms with Crippen molar-refractivity contribution < 1.29 is 4.74 Å². The van der Waals surface area contributed by atoms with Crippen molar-refractivity contribution >= 4 is 0 Å². The lowest BCUT2D eigenvalue weighted by atomic mass is 10.3. The van der Waals surface area contributed by atoms with Gasteiger partial charge in [-0.1, -0.05) is 0 Å². The molecule has 1 heterocycles. The second-order valence-corrected chi connectivity index (χ2v) is 3.19. The molecule has 1 saturated carbocycles. The Labute approximate surface area is 71.8 Å². The molecule has 1 atom stereocenters. The van der Waals surface area contributed by atoms with E-state index in [0.29, 0.717) is 6.01 Å². The van der Waals surface area contributed by atoms with Crippen LogP contribution in [-0.2, 0) is 0 Å². The van der Waals surface area contributed by atoms with Crippen LogP contribution in [0.15, 0.2) is 18.5 Å². The summed E-state index contributed by atoms with van der Waals surface area (Å²) in [5.74, 6) is 0.730. The highest BCUT2D eigenvalue weighted by molar-refractivity contribution is 4.95. The molecule has 12 heavy (non-hydrogen) atoms. The Bertz CT molecular complexity index is 246. The second kappa shape index (κ2) is 3.09. The van der Waals surface area contributed by atoms with Gasteiger partial charge < -0.3 is 4.74 Å². The Morgan fingerprint density at radius 3 is 2.67 bits per heavy atom. The zero-order chi connectivity index (χ0) is 8.39. The molecule has 0 spiro atoms. The van der Waals surface area contributed by atoms with E-state index in [-0.39, 0.29) is 6.10 Å². The minimum absolute atomic E-state index is 0.271. The van der Waals surface area contributed by atoms with Crippen molar-refractivity contribution in [3.8, 4) is 6.01 Å². The Morgan fingerprint density at radius 1 is 1.42 bits per heavy atom. The van der Waals surface area contributed by atoms with Gasteiger partial charge >= 0.3 is 6.01 Å². The van der Waals surface area contributed by atoms with Crippen LogP contribution in [0.3, 0.4) is 0 Å². The standard InChI is InChI=1S/C9H12N2O/c1-7(8-3-4-8)12-9-10-5-2-6-11-9/h2,5-8H,3-4H2,1H3. The van der Waals surface area contributed by atoms with Crippen LogP contribution in [0.2, 0.25) is 0 Å². The summed E-state index contributed by atoms with van der Waals surface area (Å²) in [4.78, 5) is 7.99. The van der Waals surface area contributed by atoms with Crippen molar-refractivity contribution in [1.29, 1.82) is 0 Å². The minimum atomic E-state index is 0.271. The number of ether oxygens (including phenoxy) is 1. The van der Waals surface area contributed by atoms with Crippen molar-refractivity contribution in [3.63, 3.8) is 0 Å². The topological polar surface area (TPSA) is 35.0 Å². The first kappa shape index (κ1) is 7.53. The Kier molecular flexibility index (Phi) is 1.94. The fraction of sp³-hybridized carbons (Fsp3) is 0.556. The second-order valence-electron chi connectivity index (χ2n) is 3.19. The summed E-state index contributed by atoms with van der Waals surface area (Å²) >= 11 is 0. The third-order valence-electron chi connectivity index (χ3n) is 2.12. The Balaban J connectivity index is 1.94. The van der Waals surface area contributed by atoms with Gasteiger partial charge in [0.1, 0.15) is 6.10 Å². The summed E-state index contributed by atoms with van der Waals surface area (Å²) in [5, 5.41) is 0. The van der Waals surface area contributed by atoms with Crippen LogP contribution in [0.4, 0.5) is 0 Å². The third kappa shape index (κ3) is 1.72. The zero-order valence-corrected chi connectivity index (χ0v) is 7.10. The number of hydrogen-bond acceptors (Lipinski definition) is 3. The largest absolute Gasteiger partial charge is 0.460 e. The van der Waals surface area contributed by atoms with Gasteiger partial charge in [-0.3, -0.25) is 0 Å². The lowest BCUT2D eigenvalue weighted by Gasteiger charge is -2.10. The first-order valence-electron chi connectivity index (χ1n) is 4.30. The van der Waals surface area contributed by atoms with E-state index >= 15 is 0 Å². The van der Waals surface area contributed by atoms with Crippen LogP contribution >= 0.6 is 0 Å². The molecule has 1 unspecified atom stereocenters. The van der Waals surface area contributed by atoms with Crippen molar-refractivity contribution in [2.45, 2.75) is 25.9 Å². The molecule has 1 aliphatic carbocycles. The molecule has 0 aliphatic heterocycles. The normalized spacial score (nSPS) is 18.8. The van der Waals surface area contributed by atoms with Gasteiger partial charge in [0.05, 0.1) is 0 Å². The molecule has 64 valence electrons. The highest BCUT2D eigenvalue weighted by Crippen LogP contribution is 2.33. The predicted octanol–water partition coefficient (Wildman–Crippen LogP) is 1.65. The number of hydrogen-bond donors (Lipinski definition) is 0. The molecule has 0 N–H and O–H groups in total. The van der Waals surface area contributed by atoms with Gasteiger partial charge in [-0.05, 0) is 31.7 Å². The molecule has 0 amide bonds. The summed E-state index contributed by atoms with van der Waals surface area (Å²) in [5.41, 5.74) is 0. The SMILES string of the molecule is CC(Oc1ncccn1)C1CC1. The van der Waals surface area contributed by atoms with E-state index in [1.807, 2.05) is 0 Å². The summed E-state index contributed by atoms with van der Waals surface area (Å²) in [7, 11) is 0. The summed E-state index contributed by atoms with van der Waals surface area (Å²) < 4.78 is 5.52. The predicted molar refractivity (Wildman–Crippen MR) is 44.8 cm³/mol. The molecular formula is C9H12N2O. The fourth-order valence-corrected chi connectivity index (χ4v) is 1.17. The molecule has 1 aliphatic rings. The maximum Gasteiger partial charge on any atom is 0.316 e. The maximum atomic E-state index is 5.52. The van der Waals surface area contributed by atoms with E-state index in [1.54, 1.807) is 18.5 Å². The Hall–Kier alpha value is -1.12. The van der Waals surface area contributed by atoms with Gasteiger partial charge in [-0.15, -0.1) is 0 Å². The molecule has 3 heteroatoms. The van der Waals surface area contributed by atoms with E-state index in [4.69, 9.17) is 4.74 Å². The lowest BCUT2D eigenvalue weighted by Crippen LogP contribution is -2.15. The van der Waals surface area contributed by atoms with Gasteiger partial charge in [-0.25, -0.2) is 9.97 Å². The number of aromatic nitrogens is 2. The van der Waals surface area contributed by atoms with Crippen LogP contribution in [0.1, 0.15) is 19.8 Å². The molecule has 0 bridgehead atoms. The third-order valence-corrected chi connectivity index (χ3v) is 2.12. The molecule has 1 fully saturated rings. The molecule has 1 aromatic rings. The summed E-state index contributed by atoms with van der Waals surface area (Å²) in [6.07, 6.45) is 6.23. The highest BCUT2D eigenvalue weighted by Gasteiger charge is 2.29. The summed E-state index contributed by atoms with van der Waals surface area (Å²) in [6, 6.07) is 2.28. The van der Waals surface area contributed by atoms with Gasteiger partial charge in [0.2, 0.25) is 0 Å². The van der Waals surface area contributed by atoms with E-state index in [1.165, 1.54) is 12.8 Å². The molecule has 0 aromatic carbocycles. The summed E-state index contributed by atoms with van der Waals surface area (Å²) in [6.45, 7) is 2.08. The van der Waals surface area contributed by atoms with Gasteiger partial charge in [-0.2, -0.15) is 0 Å². The molecule has 1 aromatic heterocycles. The van der Waals surface area contributed by atoms with Gasteiger partial charge in [0.15, 0.2) is 0 Å². The van der Waals surface area contributed by atoms with E-state index in [9.17, 15) is 0 Å². The van der Waals surface area contributed by atoms with E-state index in [2.05, 4.69) is 16.9 Å². The lowest BCUT2D eigenvalue weighted by molar-refractivity contribution is 0.181. The zero-order valence-electron chi connectivity index (χ0n) is 7.10. The molecular weight excluding hydrogens is 152 g/mol. The van der Waals surface area contributed by atoms with Crippen LogP contribution in [0.25, 0.3) is 0 Å². The fourth-order valence-electron chi connectivity index (χ4n) is 1.17. The highest BCUT2D eigenvalue weighted by atomic mass is 16.5. The first-order chi connectivity index (χ1) is 5.86. The quantitative estimate of drug-likeness (QED) is 0.681. The van der Waals surface area contributed by atoms with Crippen LogP contribution in [0, 0.1) is 5.92 Å². The van der Waals surface area contributed by atoms with Crippen molar-refractivity contribution in [2.75, 3.05) is 0 Å². The number of nitrogens with zero attached hydrogens (tertiary/aromatic N) is 2. The van der Waals surface area contributed by atoms with E-state index in [0.717, 1.165) is 5.92 Å². The molecule has 2 rings (SSSR count). The van der Waals surface area contributed by atoms with Gasteiger partial charge in [0.25, 0.3) is 0 Å².